The lowest BCUT2D eigenvalue weighted by Crippen LogP contribution is -2.20. The average molecular weight is 305 g/mol. The molecule has 0 saturated heterocycles. The Balaban J connectivity index is 2.18. The lowest BCUT2D eigenvalue weighted by atomic mass is 9.97. The summed E-state index contributed by atoms with van der Waals surface area (Å²) in [6.07, 6.45) is 9.02. The molecule has 0 atom stereocenters. The second kappa shape index (κ2) is 7.46. The number of nitrogens with one attached hydrogen (secondary N) is 1. The van der Waals surface area contributed by atoms with Crippen LogP contribution in [-0.2, 0) is 0 Å². The third-order valence-electron chi connectivity index (χ3n) is 4.07. The summed E-state index contributed by atoms with van der Waals surface area (Å²) in [5.41, 5.74) is 6.77. The van der Waals surface area contributed by atoms with Crippen LogP contribution in [0.2, 0.25) is 0 Å². The maximum atomic E-state index is 11.9. The van der Waals surface area contributed by atoms with Crippen molar-refractivity contribution in [3.05, 3.63) is 10.4 Å². The molecule has 2 rings (SSSR count). The fraction of sp³-hybridized carbons (Fsp3) is 0.625. The highest BCUT2D eigenvalue weighted by Gasteiger charge is 2.22. The first-order valence-corrected chi connectivity index (χ1v) is 8.61. The van der Waals surface area contributed by atoms with Crippen molar-refractivity contribution in [2.75, 3.05) is 11.1 Å². The van der Waals surface area contributed by atoms with Crippen LogP contribution < -0.4 is 11.1 Å². The summed E-state index contributed by atoms with van der Waals surface area (Å²) in [6, 6.07) is 2.54. The Kier molecular flexibility index (Phi) is 5.63. The molecule has 0 aliphatic heterocycles. The van der Waals surface area contributed by atoms with Crippen LogP contribution in [0.4, 0.5) is 10.7 Å². The Hall–Kier alpha value is -1.54. The molecule has 4 nitrogen and oxygen atoms in total. The Morgan fingerprint density at radius 2 is 1.95 bits per heavy atom. The first kappa shape index (κ1) is 15.8. The number of hydrogen-bond donors (Lipinski definition) is 2. The van der Waals surface area contributed by atoms with E-state index in [4.69, 9.17) is 5.73 Å². The second-order valence-electron chi connectivity index (χ2n) is 5.62. The molecule has 114 valence electrons. The van der Waals surface area contributed by atoms with Gasteiger partial charge in [0.25, 0.3) is 0 Å². The molecule has 1 aliphatic carbocycles. The fourth-order valence-electron chi connectivity index (χ4n) is 2.81. The SMILES string of the molecule is CCC(=O)c1sc(NC2CCCCCCC2)c(C#N)c1N. The van der Waals surface area contributed by atoms with Gasteiger partial charge in [-0.3, -0.25) is 4.79 Å². The maximum Gasteiger partial charge on any atom is 0.174 e. The minimum atomic E-state index is 0.0136. The minimum Gasteiger partial charge on any atom is -0.396 e. The maximum absolute atomic E-state index is 11.9. The van der Waals surface area contributed by atoms with Crippen LogP contribution in [0.3, 0.4) is 0 Å². The number of nitrogen functional groups attached to an aromatic ring is 1. The standard InChI is InChI=1S/C16H23N3OS/c1-2-13(20)15-14(18)12(10-17)16(21-15)19-11-8-6-4-3-5-7-9-11/h11,19H,2-9,18H2,1H3. The lowest BCUT2D eigenvalue weighted by Gasteiger charge is -2.21. The Bertz CT molecular complexity index is 536. The van der Waals surface area contributed by atoms with Gasteiger partial charge < -0.3 is 11.1 Å². The number of hydrogen-bond acceptors (Lipinski definition) is 5. The molecule has 3 N–H and O–H groups in total. The van der Waals surface area contributed by atoms with Gasteiger partial charge in [-0.2, -0.15) is 5.26 Å². The van der Waals surface area contributed by atoms with Crippen molar-refractivity contribution >= 4 is 27.8 Å². The topological polar surface area (TPSA) is 78.9 Å². The molecule has 21 heavy (non-hydrogen) atoms. The summed E-state index contributed by atoms with van der Waals surface area (Å²) in [7, 11) is 0. The Morgan fingerprint density at radius 1 is 1.33 bits per heavy atom. The quantitative estimate of drug-likeness (QED) is 0.812. The van der Waals surface area contributed by atoms with Crippen LogP contribution >= 0.6 is 11.3 Å². The summed E-state index contributed by atoms with van der Waals surface area (Å²) in [5, 5.41) is 13.6. The largest absolute Gasteiger partial charge is 0.396 e. The summed E-state index contributed by atoms with van der Waals surface area (Å²) in [4.78, 5) is 12.4. The van der Waals surface area contributed by atoms with E-state index >= 15 is 0 Å². The zero-order valence-corrected chi connectivity index (χ0v) is 13.4. The number of nitrogens with zero attached hydrogens (tertiary/aromatic N) is 1. The smallest absolute Gasteiger partial charge is 0.174 e. The van der Waals surface area contributed by atoms with E-state index in [0.29, 0.717) is 28.6 Å². The molecule has 1 saturated carbocycles. The van der Waals surface area contributed by atoms with Gasteiger partial charge in [0.15, 0.2) is 5.78 Å². The van der Waals surface area contributed by atoms with Crippen molar-refractivity contribution in [2.45, 2.75) is 64.3 Å². The normalized spacial score (nSPS) is 16.8. The first-order chi connectivity index (χ1) is 10.2. The number of Topliss-reactive ketones (excluding diaryl/α,β-unsaturated/α-hetero) is 1. The van der Waals surface area contributed by atoms with Gasteiger partial charge in [-0.1, -0.05) is 39.0 Å². The van der Waals surface area contributed by atoms with E-state index in [1.54, 1.807) is 0 Å². The summed E-state index contributed by atoms with van der Waals surface area (Å²) in [6.45, 7) is 1.81. The zero-order valence-electron chi connectivity index (χ0n) is 12.6. The van der Waals surface area contributed by atoms with Crippen molar-refractivity contribution in [2.24, 2.45) is 0 Å². The summed E-state index contributed by atoms with van der Waals surface area (Å²) in [5.74, 6) is 0.0136. The van der Waals surface area contributed by atoms with Crippen LogP contribution in [0, 0.1) is 11.3 Å². The molecule has 0 radical (unpaired) electrons. The van der Waals surface area contributed by atoms with Crippen LogP contribution in [0.25, 0.3) is 0 Å². The summed E-state index contributed by atoms with van der Waals surface area (Å²) < 4.78 is 0. The predicted octanol–water partition coefficient (Wildman–Crippen LogP) is 4.32. The van der Waals surface area contributed by atoms with Gasteiger partial charge in [0.05, 0.1) is 10.6 Å². The van der Waals surface area contributed by atoms with E-state index in [1.807, 2.05) is 6.92 Å². The van der Waals surface area contributed by atoms with Gasteiger partial charge >= 0.3 is 0 Å². The van der Waals surface area contributed by atoms with Crippen molar-refractivity contribution in [1.29, 1.82) is 5.26 Å². The van der Waals surface area contributed by atoms with E-state index in [-0.39, 0.29) is 5.78 Å². The Morgan fingerprint density at radius 3 is 2.52 bits per heavy atom. The van der Waals surface area contributed by atoms with E-state index in [1.165, 1.54) is 43.4 Å². The molecule has 0 spiro atoms. The van der Waals surface area contributed by atoms with Gasteiger partial charge in [-0.15, -0.1) is 11.3 Å². The minimum absolute atomic E-state index is 0.0136. The van der Waals surface area contributed by atoms with Crippen LogP contribution in [0.15, 0.2) is 0 Å². The zero-order chi connectivity index (χ0) is 15.2. The van der Waals surface area contributed by atoms with Gasteiger partial charge in [0.1, 0.15) is 16.6 Å². The van der Waals surface area contributed by atoms with Crippen molar-refractivity contribution in [3.63, 3.8) is 0 Å². The van der Waals surface area contributed by atoms with Gasteiger partial charge in [0, 0.05) is 12.5 Å². The third-order valence-corrected chi connectivity index (χ3v) is 5.25. The average Bonchev–Trinajstić information content (AvgIpc) is 2.76. The van der Waals surface area contributed by atoms with Gasteiger partial charge in [-0.25, -0.2) is 0 Å². The number of anilines is 2. The molecule has 1 aromatic heterocycles. The molecule has 0 amide bonds. The molecular weight excluding hydrogens is 282 g/mol. The van der Waals surface area contributed by atoms with Crippen molar-refractivity contribution in [1.82, 2.24) is 0 Å². The third kappa shape index (κ3) is 3.76. The molecule has 1 fully saturated rings. The van der Waals surface area contributed by atoms with E-state index in [0.717, 1.165) is 17.8 Å². The molecule has 1 aliphatic rings. The Labute approximate surface area is 130 Å². The first-order valence-electron chi connectivity index (χ1n) is 7.79. The van der Waals surface area contributed by atoms with Crippen molar-refractivity contribution < 1.29 is 4.79 Å². The molecular formula is C16H23N3OS. The van der Waals surface area contributed by atoms with E-state index in [9.17, 15) is 10.1 Å². The van der Waals surface area contributed by atoms with Crippen molar-refractivity contribution in [3.8, 4) is 6.07 Å². The van der Waals surface area contributed by atoms with Gasteiger partial charge in [-0.05, 0) is 12.8 Å². The number of carbonyl (C=O) groups excluding carboxylic acids is 1. The number of nitrogens with two attached hydrogens (primary N) is 1. The van der Waals surface area contributed by atoms with Gasteiger partial charge in [0.2, 0.25) is 0 Å². The second-order valence-corrected chi connectivity index (χ2v) is 6.64. The number of ketones is 1. The molecule has 1 heterocycles. The molecule has 0 unspecified atom stereocenters. The number of carbonyl (C=O) groups is 1. The number of thiophene rings is 1. The fourth-order valence-corrected chi connectivity index (χ4v) is 3.97. The van der Waals surface area contributed by atoms with Crippen LogP contribution in [0.5, 0.6) is 0 Å². The lowest BCUT2D eigenvalue weighted by molar-refractivity contribution is 0.0993. The number of rotatable bonds is 4. The molecule has 5 heteroatoms. The predicted molar refractivity (Wildman–Crippen MR) is 87.8 cm³/mol. The summed E-state index contributed by atoms with van der Waals surface area (Å²) >= 11 is 1.34. The molecule has 0 bridgehead atoms. The van der Waals surface area contributed by atoms with Crippen LogP contribution in [0.1, 0.15) is 73.5 Å². The van der Waals surface area contributed by atoms with E-state index in [2.05, 4.69) is 11.4 Å². The van der Waals surface area contributed by atoms with E-state index < -0.39 is 0 Å². The number of nitriles is 1. The monoisotopic (exact) mass is 305 g/mol. The van der Waals surface area contributed by atoms with Crippen LogP contribution in [-0.4, -0.2) is 11.8 Å². The highest BCUT2D eigenvalue weighted by Crippen LogP contribution is 2.37. The highest BCUT2D eigenvalue weighted by atomic mass is 32.1. The highest BCUT2D eigenvalue weighted by molar-refractivity contribution is 7.19. The molecule has 0 aromatic carbocycles. The molecule has 1 aromatic rings.